The Labute approximate surface area is 131 Å². The standard InChI is InChI=1S/C16H23N3OS/c17-15(21)11-9-10-5-1-2-6-12(10)18-16(11)19-13-7-3-4-8-14(13)20/h9,13-14,20H,1-8H2,(H2,17,21)(H,18,19). The van der Waals surface area contributed by atoms with E-state index >= 15 is 0 Å². The molecule has 0 aromatic carbocycles. The summed E-state index contributed by atoms with van der Waals surface area (Å²) in [5.74, 6) is 0.758. The van der Waals surface area contributed by atoms with Gasteiger partial charge in [0, 0.05) is 5.69 Å². The molecule has 1 aromatic rings. The molecule has 0 radical (unpaired) electrons. The van der Waals surface area contributed by atoms with Gasteiger partial charge in [-0.2, -0.15) is 0 Å². The number of pyridine rings is 1. The number of hydrogen-bond acceptors (Lipinski definition) is 4. The Bertz CT molecular complexity index is 547. The van der Waals surface area contributed by atoms with Crippen molar-refractivity contribution >= 4 is 23.0 Å². The number of hydrogen-bond donors (Lipinski definition) is 3. The predicted molar refractivity (Wildman–Crippen MR) is 88.7 cm³/mol. The quantitative estimate of drug-likeness (QED) is 0.748. The Kier molecular flexibility index (Phi) is 4.40. The third kappa shape index (κ3) is 3.19. The molecule has 1 heterocycles. The van der Waals surface area contributed by atoms with Gasteiger partial charge in [0.2, 0.25) is 0 Å². The van der Waals surface area contributed by atoms with Crippen molar-refractivity contribution in [2.24, 2.45) is 5.73 Å². The molecule has 0 spiro atoms. The van der Waals surface area contributed by atoms with E-state index in [4.69, 9.17) is 22.9 Å². The Hall–Kier alpha value is -1.20. The minimum atomic E-state index is -0.309. The fourth-order valence-electron chi connectivity index (χ4n) is 3.39. The number of aliphatic hydroxyl groups excluding tert-OH is 1. The Morgan fingerprint density at radius 1 is 1.24 bits per heavy atom. The lowest BCUT2D eigenvalue weighted by Gasteiger charge is -2.30. The molecule has 2 unspecified atom stereocenters. The Balaban J connectivity index is 1.90. The van der Waals surface area contributed by atoms with E-state index < -0.39 is 0 Å². The van der Waals surface area contributed by atoms with Crippen molar-refractivity contribution < 1.29 is 5.11 Å². The number of thiocarbonyl (C=S) groups is 1. The van der Waals surface area contributed by atoms with E-state index in [0.29, 0.717) is 4.99 Å². The molecule has 0 bridgehead atoms. The molecule has 2 atom stereocenters. The second-order valence-corrected chi connectivity index (χ2v) is 6.60. The smallest absolute Gasteiger partial charge is 0.136 e. The van der Waals surface area contributed by atoms with Crippen LogP contribution in [-0.4, -0.2) is 27.2 Å². The first-order valence-electron chi connectivity index (χ1n) is 7.92. The molecular weight excluding hydrogens is 282 g/mol. The number of nitrogens with two attached hydrogens (primary N) is 1. The Morgan fingerprint density at radius 2 is 2.00 bits per heavy atom. The van der Waals surface area contributed by atoms with E-state index in [0.717, 1.165) is 55.6 Å². The summed E-state index contributed by atoms with van der Waals surface area (Å²) >= 11 is 5.19. The predicted octanol–water partition coefficient (Wildman–Crippen LogP) is 2.31. The van der Waals surface area contributed by atoms with Crippen LogP contribution in [0.25, 0.3) is 0 Å². The first-order chi connectivity index (χ1) is 10.1. The van der Waals surface area contributed by atoms with E-state index in [2.05, 4.69) is 11.4 Å². The molecular formula is C16H23N3OS. The average molecular weight is 305 g/mol. The van der Waals surface area contributed by atoms with Gasteiger partial charge in [-0.3, -0.25) is 0 Å². The molecule has 2 aliphatic rings. The van der Waals surface area contributed by atoms with Gasteiger partial charge in [-0.15, -0.1) is 0 Å². The molecule has 21 heavy (non-hydrogen) atoms. The number of anilines is 1. The molecule has 0 saturated heterocycles. The highest BCUT2D eigenvalue weighted by Gasteiger charge is 2.25. The fraction of sp³-hybridized carbons (Fsp3) is 0.625. The van der Waals surface area contributed by atoms with Gasteiger partial charge in [-0.1, -0.05) is 25.1 Å². The lowest BCUT2D eigenvalue weighted by atomic mass is 9.92. The number of nitrogens with one attached hydrogen (secondary N) is 1. The largest absolute Gasteiger partial charge is 0.391 e. The Morgan fingerprint density at radius 3 is 2.76 bits per heavy atom. The minimum absolute atomic E-state index is 0.0565. The number of aryl methyl sites for hydroxylation is 2. The summed E-state index contributed by atoms with van der Waals surface area (Å²) in [4.78, 5) is 5.15. The zero-order valence-corrected chi connectivity index (χ0v) is 13.1. The van der Waals surface area contributed by atoms with E-state index in [-0.39, 0.29) is 12.1 Å². The van der Waals surface area contributed by atoms with Crippen molar-refractivity contribution in [1.29, 1.82) is 0 Å². The lowest BCUT2D eigenvalue weighted by Crippen LogP contribution is -2.37. The summed E-state index contributed by atoms with van der Waals surface area (Å²) in [5.41, 5.74) is 9.14. The van der Waals surface area contributed by atoms with Crippen molar-refractivity contribution in [2.45, 2.75) is 63.5 Å². The van der Waals surface area contributed by atoms with E-state index in [1.807, 2.05) is 0 Å². The van der Waals surface area contributed by atoms with Gasteiger partial charge < -0.3 is 16.2 Å². The molecule has 4 nitrogen and oxygen atoms in total. The average Bonchev–Trinajstić information content (AvgIpc) is 2.48. The maximum absolute atomic E-state index is 10.1. The van der Waals surface area contributed by atoms with Crippen LogP contribution in [0.2, 0.25) is 0 Å². The summed E-state index contributed by atoms with van der Waals surface area (Å²) in [6, 6.07) is 2.16. The summed E-state index contributed by atoms with van der Waals surface area (Å²) < 4.78 is 0. The van der Waals surface area contributed by atoms with Gasteiger partial charge in [0.25, 0.3) is 0 Å². The highest BCUT2D eigenvalue weighted by molar-refractivity contribution is 7.80. The first-order valence-corrected chi connectivity index (χ1v) is 8.33. The van der Waals surface area contributed by atoms with E-state index in [1.54, 1.807) is 0 Å². The monoisotopic (exact) mass is 305 g/mol. The van der Waals surface area contributed by atoms with Gasteiger partial charge in [0.15, 0.2) is 0 Å². The van der Waals surface area contributed by atoms with Crippen molar-refractivity contribution in [3.05, 3.63) is 22.9 Å². The molecule has 114 valence electrons. The van der Waals surface area contributed by atoms with Gasteiger partial charge in [-0.25, -0.2) is 4.98 Å². The fourth-order valence-corrected chi connectivity index (χ4v) is 3.54. The lowest BCUT2D eigenvalue weighted by molar-refractivity contribution is 0.116. The van der Waals surface area contributed by atoms with E-state index in [1.165, 1.54) is 18.4 Å². The van der Waals surface area contributed by atoms with Crippen LogP contribution >= 0.6 is 12.2 Å². The van der Waals surface area contributed by atoms with Crippen molar-refractivity contribution in [3.8, 4) is 0 Å². The van der Waals surface area contributed by atoms with Crippen LogP contribution in [0.5, 0.6) is 0 Å². The number of nitrogens with zero attached hydrogens (tertiary/aromatic N) is 1. The highest BCUT2D eigenvalue weighted by Crippen LogP contribution is 2.27. The van der Waals surface area contributed by atoms with Crippen LogP contribution in [-0.2, 0) is 12.8 Å². The molecule has 2 aliphatic carbocycles. The number of aromatic nitrogens is 1. The summed E-state index contributed by atoms with van der Waals surface area (Å²) in [6.45, 7) is 0. The first kappa shape index (κ1) is 14.7. The van der Waals surface area contributed by atoms with Crippen LogP contribution in [0.4, 0.5) is 5.82 Å². The van der Waals surface area contributed by atoms with Crippen LogP contribution in [0.15, 0.2) is 6.07 Å². The number of fused-ring (bicyclic) bond motifs is 1. The van der Waals surface area contributed by atoms with Gasteiger partial charge in [0.1, 0.15) is 10.8 Å². The summed E-state index contributed by atoms with van der Waals surface area (Å²) in [5, 5.41) is 13.5. The molecule has 0 aliphatic heterocycles. The zero-order chi connectivity index (χ0) is 14.8. The van der Waals surface area contributed by atoms with Crippen molar-refractivity contribution in [2.75, 3.05) is 5.32 Å². The van der Waals surface area contributed by atoms with Gasteiger partial charge in [0.05, 0.1) is 17.7 Å². The molecule has 1 saturated carbocycles. The molecule has 1 aromatic heterocycles. The van der Waals surface area contributed by atoms with Crippen LogP contribution in [0.3, 0.4) is 0 Å². The van der Waals surface area contributed by atoms with Crippen LogP contribution in [0, 0.1) is 0 Å². The highest BCUT2D eigenvalue weighted by atomic mass is 32.1. The molecule has 0 amide bonds. The maximum Gasteiger partial charge on any atom is 0.136 e. The third-order valence-electron chi connectivity index (χ3n) is 4.62. The van der Waals surface area contributed by atoms with Crippen molar-refractivity contribution in [1.82, 2.24) is 4.98 Å². The maximum atomic E-state index is 10.1. The third-order valence-corrected chi connectivity index (χ3v) is 4.84. The molecule has 4 N–H and O–H groups in total. The normalized spacial score (nSPS) is 25.2. The van der Waals surface area contributed by atoms with E-state index in [9.17, 15) is 5.11 Å². The second kappa shape index (κ2) is 6.28. The minimum Gasteiger partial charge on any atom is -0.391 e. The molecule has 5 heteroatoms. The van der Waals surface area contributed by atoms with Gasteiger partial charge in [-0.05, 0) is 50.2 Å². The van der Waals surface area contributed by atoms with Crippen LogP contribution in [0.1, 0.15) is 55.3 Å². The summed E-state index contributed by atoms with van der Waals surface area (Å²) in [7, 11) is 0. The van der Waals surface area contributed by atoms with Crippen molar-refractivity contribution in [3.63, 3.8) is 0 Å². The topological polar surface area (TPSA) is 71.2 Å². The number of rotatable bonds is 3. The zero-order valence-electron chi connectivity index (χ0n) is 12.3. The van der Waals surface area contributed by atoms with Crippen LogP contribution < -0.4 is 11.1 Å². The van der Waals surface area contributed by atoms with Gasteiger partial charge >= 0.3 is 0 Å². The molecule has 1 fully saturated rings. The SMILES string of the molecule is NC(=S)c1cc2c(nc1NC1CCCCC1O)CCCC2. The summed E-state index contributed by atoms with van der Waals surface area (Å²) in [6.07, 6.45) is 8.23. The number of aliphatic hydroxyl groups is 1. The molecule has 3 rings (SSSR count). The second-order valence-electron chi connectivity index (χ2n) is 6.16.